The molecular weight excluding hydrogens is 123 g/mol. The van der Waals surface area contributed by atoms with Crippen molar-refractivity contribution in [3.8, 4) is 0 Å². The van der Waals surface area contributed by atoms with Crippen LogP contribution in [0.4, 0.5) is 4.39 Å². The fourth-order valence-electron chi connectivity index (χ4n) is 0.863. The Balaban J connectivity index is 2.44. The minimum Gasteiger partial charge on any atom is -0.460 e. The number of hydrogen-bond donors (Lipinski definition) is 0. The molecule has 0 bridgehead atoms. The van der Waals surface area contributed by atoms with Crippen LogP contribution < -0.4 is 0 Å². The molecule has 0 unspecified atom stereocenters. The van der Waals surface area contributed by atoms with E-state index >= 15 is 0 Å². The smallest absolute Gasteiger partial charge is 0.341 e. The van der Waals surface area contributed by atoms with E-state index in [2.05, 4.69) is 4.74 Å². The zero-order chi connectivity index (χ0) is 6.85. The van der Waals surface area contributed by atoms with Crippen molar-refractivity contribution in [1.29, 1.82) is 0 Å². The summed E-state index contributed by atoms with van der Waals surface area (Å²) < 4.78 is 16.9. The summed E-state index contributed by atoms with van der Waals surface area (Å²) in [6.07, 6.45) is -0.580. The zero-order valence-corrected chi connectivity index (χ0v) is 5.26. The quantitative estimate of drug-likeness (QED) is 0.498. The average molecular weight is 132 g/mol. The first-order valence-corrected chi connectivity index (χ1v) is 3.08. The van der Waals surface area contributed by atoms with Gasteiger partial charge in [0, 0.05) is 6.42 Å². The van der Waals surface area contributed by atoms with Gasteiger partial charge < -0.3 is 4.74 Å². The van der Waals surface area contributed by atoms with E-state index in [-0.39, 0.29) is 12.5 Å². The van der Waals surface area contributed by atoms with E-state index in [9.17, 15) is 9.18 Å². The molecule has 1 heterocycles. The highest BCUT2D eigenvalue weighted by Gasteiger charge is 2.32. The van der Waals surface area contributed by atoms with Crippen molar-refractivity contribution in [2.24, 2.45) is 0 Å². The summed E-state index contributed by atoms with van der Waals surface area (Å²) in [5.74, 6) is -0.693. The topological polar surface area (TPSA) is 26.3 Å². The van der Waals surface area contributed by atoms with E-state index < -0.39 is 12.1 Å². The molecule has 2 atom stereocenters. The highest BCUT2D eigenvalue weighted by Crippen LogP contribution is 2.19. The van der Waals surface area contributed by atoms with E-state index in [0.29, 0.717) is 6.42 Å². The molecule has 1 rings (SSSR count). The van der Waals surface area contributed by atoms with Gasteiger partial charge in [-0.3, -0.25) is 0 Å². The number of carbonyl (C=O) groups is 1. The Kier molecular flexibility index (Phi) is 1.69. The largest absolute Gasteiger partial charge is 0.460 e. The summed E-state index contributed by atoms with van der Waals surface area (Å²) in [5, 5.41) is 0. The molecule has 0 spiro atoms. The third kappa shape index (κ3) is 1.20. The maximum Gasteiger partial charge on any atom is 0.341 e. The highest BCUT2D eigenvalue weighted by atomic mass is 19.1. The Labute approximate surface area is 53.0 Å². The first kappa shape index (κ1) is 6.52. The molecule has 0 aromatic rings. The van der Waals surface area contributed by atoms with Gasteiger partial charge >= 0.3 is 5.97 Å². The van der Waals surface area contributed by atoms with Crippen molar-refractivity contribution in [3.63, 3.8) is 0 Å². The van der Waals surface area contributed by atoms with Crippen molar-refractivity contribution in [1.82, 2.24) is 0 Å². The summed E-state index contributed by atoms with van der Waals surface area (Å²) in [5.41, 5.74) is 0. The SMILES string of the molecule is CC[C@@H]1C[C@@H](F)C(=O)O1. The molecule has 1 saturated heterocycles. The lowest BCUT2D eigenvalue weighted by Crippen LogP contribution is -2.06. The third-order valence-electron chi connectivity index (χ3n) is 1.46. The fourth-order valence-corrected chi connectivity index (χ4v) is 0.863. The Morgan fingerprint density at radius 2 is 2.56 bits per heavy atom. The molecule has 0 radical (unpaired) electrons. The monoisotopic (exact) mass is 132 g/mol. The standard InChI is InChI=1S/C6H9FO2/c1-2-4-3-5(7)6(8)9-4/h4-5H,2-3H2,1H3/t4-,5-/m1/s1. The van der Waals surface area contributed by atoms with Crippen molar-refractivity contribution in [2.45, 2.75) is 32.0 Å². The molecule has 0 aromatic carbocycles. The fraction of sp³-hybridized carbons (Fsp3) is 0.833. The maximum atomic E-state index is 12.3. The van der Waals surface area contributed by atoms with E-state index in [0.717, 1.165) is 0 Å². The molecule has 1 aliphatic rings. The molecule has 0 aliphatic carbocycles. The van der Waals surface area contributed by atoms with Gasteiger partial charge in [-0.2, -0.15) is 0 Å². The number of alkyl halides is 1. The van der Waals surface area contributed by atoms with Gasteiger partial charge in [-0.05, 0) is 6.42 Å². The molecule has 1 fully saturated rings. The van der Waals surface area contributed by atoms with Crippen LogP contribution in [0.5, 0.6) is 0 Å². The van der Waals surface area contributed by atoms with Crippen molar-refractivity contribution in [3.05, 3.63) is 0 Å². The minimum atomic E-state index is -1.37. The van der Waals surface area contributed by atoms with Gasteiger partial charge in [0.05, 0.1) is 0 Å². The van der Waals surface area contributed by atoms with Crippen LogP contribution in [-0.2, 0) is 9.53 Å². The van der Waals surface area contributed by atoms with Crippen LogP contribution in [0.1, 0.15) is 19.8 Å². The number of ether oxygens (including phenoxy) is 1. The van der Waals surface area contributed by atoms with Gasteiger partial charge in [-0.1, -0.05) is 6.92 Å². The second kappa shape index (κ2) is 2.33. The van der Waals surface area contributed by atoms with Crippen LogP contribution in [0.15, 0.2) is 0 Å². The van der Waals surface area contributed by atoms with Crippen molar-refractivity contribution < 1.29 is 13.9 Å². The van der Waals surface area contributed by atoms with Crippen LogP contribution in [-0.4, -0.2) is 18.2 Å². The molecule has 2 nitrogen and oxygen atoms in total. The van der Waals surface area contributed by atoms with Gasteiger partial charge in [0.15, 0.2) is 0 Å². The van der Waals surface area contributed by atoms with Gasteiger partial charge in [0.2, 0.25) is 6.17 Å². The number of hydrogen-bond acceptors (Lipinski definition) is 2. The number of esters is 1. The second-order valence-corrected chi connectivity index (χ2v) is 2.17. The molecule has 0 N–H and O–H groups in total. The number of halogens is 1. The van der Waals surface area contributed by atoms with E-state index in [1.165, 1.54) is 0 Å². The number of carbonyl (C=O) groups excluding carboxylic acids is 1. The summed E-state index contributed by atoms with van der Waals surface area (Å²) in [6.45, 7) is 1.87. The summed E-state index contributed by atoms with van der Waals surface area (Å²) in [6, 6.07) is 0. The molecule has 0 amide bonds. The highest BCUT2D eigenvalue weighted by molar-refractivity contribution is 5.76. The first-order chi connectivity index (χ1) is 4.24. The molecule has 52 valence electrons. The molecule has 3 heteroatoms. The van der Waals surface area contributed by atoms with Crippen LogP contribution in [0, 0.1) is 0 Å². The predicted molar refractivity (Wildman–Crippen MR) is 29.7 cm³/mol. The molecule has 0 aromatic heterocycles. The minimum absolute atomic E-state index is 0.174. The second-order valence-electron chi connectivity index (χ2n) is 2.17. The van der Waals surface area contributed by atoms with Crippen LogP contribution >= 0.6 is 0 Å². The Bertz CT molecular complexity index is 124. The van der Waals surface area contributed by atoms with Gasteiger partial charge in [-0.25, -0.2) is 9.18 Å². The van der Waals surface area contributed by atoms with Crippen LogP contribution in [0.2, 0.25) is 0 Å². The Hall–Kier alpha value is -0.600. The molecular formula is C6H9FO2. The van der Waals surface area contributed by atoms with Crippen molar-refractivity contribution in [2.75, 3.05) is 0 Å². The van der Waals surface area contributed by atoms with Crippen LogP contribution in [0.25, 0.3) is 0 Å². The average Bonchev–Trinajstić information content (AvgIpc) is 2.13. The summed E-state index contributed by atoms with van der Waals surface area (Å²) >= 11 is 0. The lowest BCUT2D eigenvalue weighted by molar-refractivity contribution is -0.145. The molecule has 9 heavy (non-hydrogen) atoms. The summed E-state index contributed by atoms with van der Waals surface area (Å²) in [4.78, 5) is 10.3. The zero-order valence-electron chi connectivity index (χ0n) is 5.26. The third-order valence-corrected chi connectivity index (χ3v) is 1.46. The van der Waals surface area contributed by atoms with E-state index in [1.54, 1.807) is 0 Å². The first-order valence-electron chi connectivity index (χ1n) is 3.08. The lowest BCUT2D eigenvalue weighted by atomic mass is 10.2. The van der Waals surface area contributed by atoms with Gasteiger partial charge in [-0.15, -0.1) is 0 Å². The predicted octanol–water partition coefficient (Wildman–Crippen LogP) is 1.05. The number of rotatable bonds is 1. The Morgan fingerprint density at radius 3 is 2.78 bits per heavy atom. The molecule has 0 saturated carbocycles. The number of cyclic esters (lactones) is 1. The maximum absolute atomic E-state index is 12.3. The normalized spacial score (nSPS) is 34.7. The lowest BCUT2D eigenvalue weighted by Gasteiger charge is -2.01. The summed E-state index contributed by atoms with van der Waals surface area (Å²) in [7, 11) is 0. The van der Waals surface area contributed by atoms with E-state index in [1.807, 2.05) is 6.92 Å². The van der Waals surface area contributed by atoms with Crippen molar-refractivity contribution >= 4 is 5.97 Å². The molecule has 1 aliphatic heterocycles. The van der Waals surface area contributed by atoms with Crippen LogP contribution in [0.3, 0.4) is 0 Å². The van der Waals surface area contributed by atoms with Gasteiger partial charge in [0.25, 0.3) is 0 Å². The Morgan fingerprint density at radius 1 is 1.89 bits per heavy atom. The van der Waals surface area contributed by atoms with Gasteiger partial charge in [0.1, 0.15) is 6.10 Å². The van der Waals surface area contributed by atoms with E-state index in [4.69, 9.17) is 0 Å².